The Morgan fingerprint density at radius 3 is 2.42 bits per heavy atom. The molecule has 3 aromatic rings. The Bertz CT molecular complexity index is 1640. The van der Waals surface area contributed by atoms with Gasteiger partial charge in [-0.05, 0) is 50.1 Å². The Kier molecular flexibility index (Phi) is 13.2. The summed E-state index contributed by atoms with van der Waals surface area (Å²) in [7, 11) is 0.341. The molecule has 5 rings (SSSR count). The summed E-state index contributed by atoms with van der Waals surface area (Å²) in [6.07, 6.45) is -0.484. The van der Waals surface area contributed by atoms with Crippen molar-refractivity contribution < 1.29 is 43.1 Å². The molecular formula is C40H54N2O9Si. The average Bonchev–Trinajstić information content (AvgIpc) is 3.11. The first-order valence-electron chi connectivity index (χ1n) is 18.1. The number of amides is 2. The van der Waals surface area contributed by atoms with E-state index in [1.807, 2.05) is 80.6 Å². The number of carbonyl (C=O) groups is 2. The van der Waals surface area contributed by atoms with E-state index in [0.717, 1.165) is 51.9 Å². The van der Waals surface area contributed by atoms with E-state index < -0.39 is 32.0 Å². The maximum atomic E-state index is 13.3. The molecule has 2 aliphatic rings. The van der Waals surface area contributed by atoms with Gasteiger partial charge in [-0.2, -0.15) is 0 Å². The average molecular weight is 735 g/mol. The molecule has 11 nitrogen and oxygen atoms in total. The molecule has 2 amide bonds. The standard InChI is InChI=1S/C40H54N2O9Si/c1-40(2)34-13-9-12-31(37(34)42(39(45)51-40)28-48-23-24-52(4,5)6)27-50-36-25-41(38(43)44)20-19-33(36)29-15-17-32(18-16-29)49-22-10-21-47-26-30-11-7-8-14-35(30)46-3/h7-9,11-18,33,36H,10,19-28H2,1-6H3,(H,43,44). The zero-order chi connectivity index (χ0) is 37.3. The number of nitrogens with zero attached hydrogens (tertiary/aromatic N) is 2. The van der Waals surface area contributed by atoms with Gasteiger partial charge in [0.2, 0.25) is 0 Å². The van der Waals surface area contributed by atoms with Gasteiger partial charge >= 0.3 is 12.2 Å². The monoisotopic (exact) mass is 734 g/mol. The number of carbonyl (C=O) groups excluding carboxylic acids is 1. The second-order valence-electron chi connectivity index (χ2n) is 15.1. The van der Waals surface area contributed by atoms with Crippen molar-refractivity contribution in [2.24, 2.45) is 0 Å². The number of likely N-dealkylation sites (tertiary alicyclic amines) is 1. The van der Waals surface area contributed by atoms with Crippen LogP contribution in [0.1, 0.15) is 54.9 Å². The molecule has 2 heterocycles. The first-order valence-corrected chi connectivity index (χ1v) is 21.8. The van der Waals surface area contributed by atoms with Crippen molar-refractivity contribution in [3.63, 3.8) is 0 Å². The predicted octanol–water partition coefficient (Wildman–Crippen LogP) is 8.24. The summed E-state index contributed by atoms with van der Waals surface area (Å²) in [5, 5.41) is 9.85. The van der Waals surface area contributed by atoms with Crippen molar-refractivity contribution in [3.05, 3.63) is 89.0 Å². The molecule has 0 saturated carbocycles. The van der Waals surface area contributed by atoms with E-state index >= 15 is 0 Å². The normalized spacial score (nSPS) is 18.5. The van der Waals surface area contributed by atoms with Crippen LogP contribution in [-0.4, -0.2) is 83.1 Å². The van der Waals surface area contributed by atoms with Crippen molar-refractivity contribution in [3.8, 4) is 11.5 Å². The third-order valence-corrected chi connectivity index (χ3v) is 11.3. The molecule has 52 heavy (non-hydrogen) atoms. The highest BCUT2D eigenvalue weighted by molar-refractivity contribution is 6.76. The number of fused-ring (bicyclic) bond motifs is 1. The van der Waals surface area contributed by atoms with E-state index in [2.05, 4.69) is 19.6 Å². The van der Waals surface area contributed by atoms with Crippen LogP contribution in [0.25, 0.3) is 0 Å². The zero-order valence-corrected chi connectivity index (χ0v) is 32.4. The van der Waals surface area contributed by atoms with E-state index in [4.69, 9.17) is 28.4 Å². The van der Waals surface area contributed by atoms with Crippen LogP contribution in [0.4, 0.5) is 15.3 Å². The smallest absolute Gasteiger partial charge is 0.417 e. The lowest BCUT2D eigenvalue weighted by atomic mass is 9.87. The van der Waals surface area contributed by atoms with Crippen molar-refractivity contribution in [2.75, 3.05) is 51.7 Å². The van der Waals surface area contributed by atoms with Gasteiger partial charge < -0.3 is 38.4 Å². The summed E-state index contributed by atoms with van der Waals surface area (Å²) >= 11 is 0. The summed E-state index contributed by atoms with van der Waals surface area (Å²) in [5.74, 6) is 1.54. The molecular weight excluding hydrogens is 681 g/mol. The van der Waals surface area contributed by atoms with Crippen LogP contribution in [0.5, 0.6) is 11.5 Å². The summed E-state index contributed by atoms with van der Waals surface area (Å²) < 4.78 is 35.7. The number of benzene rings is 3. The number of rotatable bonds is 17. The Morgan fingerprint density at radius 1 is 0.942 bits per heavy atom. The Labute approximate surface area is 308 Å². The summed E-state index contributed by atoms with van der Waals surface area (Å²) in [4.78, 5) is 28.3. The van der Waals surface area contributed by atoms with Gasteiger partial charge in [0.05, 0.1) is 51.9 Å². The molecule has 1 N–H and O–H groups in total. The highest BCUT2D eigenvalue weighted by Gasteiger charge is 2.40. The molecule has 282 valence electrons. The fourth-order valence-electron chi connectivity index (χ4n) is 6.59. The minimum atomic E-state index is -1.31. The summed E-state index contributed by atoms with van der Waals surface area (Å²) in [6, 6.07) is 22.6. The summed E-state index contributed by atoms with van der Waals surface area (Å²) in [6.45, 7) is 13.6. The molecule has 2 aliphatic heterocycles. The van der Waals surface area contributed by atoms with Gasteiger partial charge in [-0.3, -0.25) is 4.90 Å². The Balaban J connectivity index is 1.22. The molecule has 12 heteroatoms. The first-order chi connectivity index (χ1) is 24.9. The number of methoxy groups -OCH3 is 1. The SMILES string of the molecule is COc1ccccc1COCCCOc1ccc(C2CCN(C(=O)O)CC2OCc2cccc3c2N(COCC[Si](C)(C)C)C(=O)OC3(C)C)cc1. The second-order valence-corrected chi connectivity index (χ2v) is 20.7. The number of hydrogen-bond donors (Lipinski definition) is 1. The second kappa shape index (κ2) is 17.6. The lowest BCUT2D eigenvalue weighted by Gasteiger charge is -2.40. The molecule has 0 aromatic heterocycles. The quantitative estimate of drug-likeness (QED) is 0.108. The van der Waals surface area contributed by atoms with E-state index in [9.17, 15) is 14.7 Å². The van der Waals surface area contributed by atoms with E-state index in [1.165, 1.54) is 4.90 Å². The van der Waals surface area contributed by atoms with Crippen LogP contribution >= 0.6 is 0 Å². The molecule has 2 unspecified atom stereocenters. The highest BCUT2D eigenvalue weighted by Crippen LogP contribution is 2.42. The molecule has 2 atom stereocenters. The molecule has 3 aromatic carbocycles. The van der Waals surface area contributed by atoms with Crippen LogP contribution in [0, 0.1) is 0 Å². The van der Waals surface area contributed by atoms with Gasteiger partial charge in [-0.25, -0.2) is 9.59 Å². The molecule has 0 bridgehead atoms. The maximum Gasteiger partial charge on any atom is 0.417 e. The number of para-hydroxylation sites is 2. The van der Waals surface area contributed by atoms with E-state index in [1.54, 1.807) is 12.0 Å². The van der Waals surface area contributed by atoms with Crippen molar-refractivity contribution in [1.29, 1.82) is 0 Å². The number of ether oxygens (including phenoxy) is 6. The molecule has 1 fully saturated rings. The van der Waals surface area contributed by atoms with Gasteiger partial charge in [-0.15, -0.1) is 0 Å². The van der Waals surface area contributed by atoms with Crippen LogP contribution < -0.4 is 14.4 Å². The number of piperidine rings is 1. The topological polar surface area (TPSA) is 116 Å². The zero-order valence-electron chi connectivity index (χ0n) is 31.4. The largest absolute Gasteiger partial charge is 0.496 e. The maximum absolute atomic E-state index is 13.3. The Morgan fingerprint density at radius 2 is 1.69 bits per heavy atom. The number of anilines is 1. The van der Waals surface area contributed by atoms with Gasteiger partial charge in [-0.1, -0.05) is 68.2 Å². The minimum Gasteiger partial charge on any atom is -0.496 e. The predicted molar refractivity (Wildman–Crippen MR) is 202 cm³/mol. The number of cyclic esters (lactones) is 1. The molecule has 1 saturated heterocycles. The van der Waals surface area contributed by atoms with Crippen molar-refractivity contribution >= 4 is 25.9 Å². The van der Waals surface area contributed by atoms with Gasteiger partial charge in [0.1, 0.15) is 23.8 Å². The van der Waals surface area contributed by atoms with Gasteiger partial charge in [0, 0.05) is 50.3 Å². The Hall–Kier alpha value is -4.10. The van der Waals surface area contributed by atoms with Gasteiger partial charge in [0.15, 0.2) is 0 Å². The first kappa shape index (κ1) is 39.1. The number of carboxylic acid groups (broad SMARTS) is 1. The van der Waals surface area contributed by atoms with Crippen molar-refractivity contribution in [1.82, 2.24) is 4.90 Å². The van der Waals surface area contributed by atoms with Crippen molar-refractivity contribution in [2.45, 2.75) is 83.2 Å². The molecule has 0 spiro atoms. The van der Waals surface area contributed by atoms with Crippen LogP contribution in [-0.2, 0) is 37.8 Å². The number of hydrogen-bond acceptors (Lipinski definition) is 8. The fourth-order valence-corrected chi connectivity index (χ4v) is 7.34. The third kappa shape index (κ3) is 10.3. The lowest BCUT2D eigenvalue weighted by molar-refractivity contribution is -0.0203. The van der Waals surface area contributed by atoms with Crippen LogP contribution in [0.3, 0.4) is 0 Å². The minimum absolute atomic E-state index is 0.0324. The van der Waals surface area contributed by atoms with Gasteiger partial charge in [0.25, 0.3) is 0 Å². The van der Waals surface area contributed by atoms with E-state index in [0.29, 0.717) is 39.4 Å². The van der Waals surface area contributed by atoms with Crippen LogP contribution in [0.15, 0.2) is 66.7 Å². The van der Waals surface area contributed by atoms with Crippen LogP contribution in [0.2, 0.25) is 25.7 Å². The fraction of sp³-hybridized carbons (Fsp3) is 0.500. The third-order valence-electron chi connectivity index (χ3n) is 9.56. The highest BCUT2D eigenvalue weighted by atomic mass is 28.3. The summed E-state index contributed by atoms with van der Waals surface area (Å²) in [5.41, 5.74) is 3.64. The van der Waals surface area contributed by atoms with E-state index in [-0.39, 0.29) is 25.8 Å². The molecule has 0 radical (unpaired) electrons. The molecule has 0 aliphatic carbocycles. The lowest BCUT2D eigenvalue weighted by Crippen LogP contribution is -2.47.